The lowest BCUT2D eigenvalue weighted by Crippen LogP contribution is -2.42. The molecule has 1 amide bonds. The van der Waals surface area contributed by atoms with E-state index >= 15 is 0 Å². The number of likely N-dealkylation sites (tertiary alicyclic amines) is 1. The zero-order chi connectivity index (χ0) is 31.5. The molecule has 1 unspecified atom stereocenters. The van der Waals surface area contributed by atoms with Crippen LogP contribution in [0.3, 0.4) is 0 Å². The van der Waals surface area contributed by atoms with Gasteiger partial charge < -0.3 is 19.3 Å². The van der Waals surface area contributed by atoms with Crippen molar-refractivity contribution in [1.82, 2.24) is 14.9 Å². The van der Waals surface area contributed by atoms with Crippen LogP contribution in [0.1, 0.15) is 62.8 Å². The zero-order valence-corrected chi connectivity index (χ0v) is 23.7. The summed E-state index contributed by atoms with van der Waals surface area (Å²) in [4.78, 5) is 35.9. The van der Waals surface area contributed by atoms with E-state index in [4.69, 9.17) is 4.74 Å². The minimum absolute atomic E-state index is 0.0158. The Bertz CT molecular complexity index is 1260. The fourth-order valence-corrected chi connectivity index (χ4v) is 4.52. The number of halogens is 6. The minimum atomic E-state index is -5.01. The summed E-state index contributed by atoms with van der Waals surface area (Å²) in [6.45, 7) is 6.65. The van der Waals surface area contributed by atoms with Crippen molar-refractivity contribution in [2.75, 3.05) is 18.6 Å². The Morgan fingerprint density at radius 1 is 1.02 bits per heavy atom. The Kier molecular flexibility index (Phi) is 9.78. The van der Waals surface area contributed by atoms with Crippen LogP contribution in [0.25, 0.3) is 6.08 Å². The first-order valence-corrected chi connectivity index (χ1v) is 13.0. The van der Waals surface area contributed by atoms with E-state index in [1.807, 2.05) is 6.92 Å². The highest BCUT2D eigenvalue weighted by molar-refractivity contribution is 5.86. The Labute approximate surface area is 239 Å². The minimum Gasteiger partial charge on any atom is -0.466 e. The first-order valence-electron chi connectivity index (χ1n) is 13.0. The number of alkyl halides is 6. The summed E-state index contributed by atoms with van der Waals surface area (Å²) >= 11 is 0. The molecule has 0 saturated carbocycles. The molecular weight excluding hydrogens is 570 g/mol. The van der Waals surface area contributed by atoms with Crippen molar-refractivity contribution >= 4 is 24.1 Å². The number of carbonyl (C=O) groups is 2. The van der Waals surface area contributed by atoms with Gasteiger partial charge in [0.15, 0.2) is 0 Å². The van der Waals surface area contributed by atoms with Gasteiger partial charge in [0.05, 0.1) is 24.3 Å². The van der Waals surface area contributed by atoms with Gasteiger partial charge in [0.25, 0.3) is 0 Å². The highest BCUT2D eigenvalue weighted by atomic mass is 19.4. The molecule has 1 aromatic carbocycles. The molecule has 14 heteroatoms. The van der Waals surface area contributed by atoms with Crippen LogP contribution in [-0.2, 0) is 33.2 Å². The van der Waals surface area contributed by atoms with E-state index in [-0.39, 0.29) is 30.2 Å². The van der Waals surface area contributed by atoms with Crippen LogP contribution >= 0.6 is 0 Å². The van der Waals surface area contributed by atoms with Crippen LogP contribution in [-0.4, -0.2) is 58.3 Å². The molecule has 2 heterocycles. The second-order valence-corrected chi connectivity index (χ2v) is 10.8. The largest absolute Gasteiger partial charge is 0.466 e. The average Bonchev–Trinajstić information content (AvgIpc) is 3.33. The highest BCUT2D eigenvalue weighted by Gasteiger charge is 2.41. The van der Waals surface area contributed by atoms with Gasteiger partial charge >= 0.3 is 24.4 Å². The molecule has 42 heavy (non-hydrogen) atoms. The lowest BCUT2D eigenvalue weighted by molar-refractivity contribution is -0.143. The molecule has 1 aromatic heterocycles. The third-order valence-electron chi connectivity index (χ3n) is 6.46. The van der Waals surface area contributed by atoms with Gasteiger partial charge in [0.2, 0.25) is 5.95 Å². The van der Waals surface area contributed by atoms with Crippen LogP contribution in [0.4, 0.5) is 37.1 Å². The molecule has 3 rings (SSSR count). The summed E-state index contributed by atoms with van der Waals surface area (Å²) in [6.07, 6.45) is -4.52. The standard InChI is InChI=1S/C28H32F6N4O4/c1-6-21-12-22(16-38(21)25(40)42-26(2,3)4)37(24-35-13-17(14-36-24)7-8-23(39)41-5)15-18-9-19(27(29,30)31)11-20(10-18)28(32,33)34/h7-11,13-14,21-22H,6,12,15-16H2,1-5H3/b8-7+/t21?,22-/m0/s1. The number of methoxy groups -OCH3 is 1. The number of anilines is 1. The molecule has 0 bridgehead atoms. The van der Waals surface area contributed by atoms with Crippen LogP contribution in [0.2, 0.25) is 0 Å². The maximum Gasteiger partial charge on any atom is 0.416 e. The Balaban J connectivity index is 2.04. The quantitative estimate of drug-likeness (QED) is 0.203. The molecule has 8 nitrogen and oxygen atoms in total. The number of carbonyl (C=O) groups excluding carboxylic acids is 2. The number of hydrogen-bond donors (Lipinski definition) is 0. The van der Waals surface area contributed by atoms with Gasteiger partial charge in [-0.15, -0.1) is 0 Å². The third kappa shape index (κ3) is 8.58. The summed E-state index contributed by atoms with van der Waals surface area (Å²) < 4.78 is 91.5. The Hall–Kier alpha value is -3.84. The number of benzene rings is 1. The van der Waals surface area contributed by atoms with Crippen LogP contribution in [0, 0.1) is 0 Å². The van der Waals surface area contributed by atoms with E-state index in [2.05, 4.69) is 14.7 Å². The van der Waals surface area contributed by atoms with Crippen molar-refractivity contribution in [3.8, 4) is 0 Å². The monoisotopic (exact) mass is 602 g/mol. The lowest BCUT2D eigenvalue weighted by Gasteiger charge is -2.30. The highest BCUT2D eigenvalue weighted by Crippen LogP contribution is 2.37. The normalized spacial score (nSPS) is 17.9. The van der Waals surface area contributed by atoms with Gasteiger partial charge in [-0.25, -0.2) is 19.6 Å². The Morgan fingerprint density at radius 2 is 1.60 bits per heavy atom. The molecule has 1 saturated heterocycles. The molecule has 1 aliphatic rings. The number of hydrogen-bond acceptors (Lipinski definition) is 7. The summed E-state index contributed by atoms with van der Waals surface area (Å²) in [6, 6.07) is 0.519. The first kappa shape index (κ1) is 32.7. The smallest absolute Gasteiger partial charge is 0.416 e. The van der Waals surface area contributed by atoms with Gasteiger partial charge in [-0.3, -0.25) is 0 Å². The van der Waals surface area contributed by atoms with E-state index in [0.717, 1.165) is 6.08 Å². The number of nitrogens with zero attached hydrogens (tertiary/aromatic N) is 4. The van der Waals surface area contributed by atoms with Gasteiger partial charge in [-0.1, -0.05) is 6.92 Å². The predicted molar refractivity (Wildman–Crippen MR) is 141 cm³/mol. The van der Waals surface area contributed by atoms with Gasteiger partial charge in [-0.2, -0.15) is 26.3 Å². The molecule has 0 radical (unpaired) electrons. The van der Waals surface area contributed by atoms with Gasteiger partial charge in [0.1, 0.15) is 5.60 Å². The number of ether oxygens (including phenoxy) is 2. The number of amides is 1. The summed E-state index contributed by atoms with van der Waals surface area (Å²) in [7, 11) is 1.20. The molecule has 0 spiro atoms. The number of rotatable bonds is 7. The number of aromatic nitrogens is 2. The van der Waals surface area contributed by atoms with Crippen LogP contribution in [0.15, 0.2) is 36.7 Å². The van der Waals surface area contributed by atoms with Crippen molar-refractivity contribution in [2.24, 2.45) is 0 Å². The van der Waals surface area contributed by atoms with E-state index in [0.29, 0.717) is 30.5 Å². The van der Waals surface area contributed by atoms with E-state index in [1.54, 1.807) is 20.8 Å². The molecule has 0 N–H and O–H groups in total. The maximum absolute atomic E-state index is 13.6. The van der Waals surface area contributed by atoms with E-state index in [9.17, 15) is 35.9 Å². The molecule has 230 valence electrons. The zero-order valence-electron chi connectivity index (χ0n) is 23.7. The maximum atomic E-state index is 13.6. The topological polar surface area (TPSA) is 84.9 Å². The first-order chi connectivity index (χ1) is 19.4. The molecular formula is C28H32F6N4O4. The SMILES string of the molecule is CCC1C[C@H](N(Cc2cc(C(F)(F)F)cc(C(F)(F)F)c2)c2ncc(/C=C/C(=O)OC)cn2)CN1C(=O)OC(C)(C)C. The van der Waals surface area contributed by atoms with Crippen molar-refractivity contribution in [1.29, 1.82) is 0 Å². The predicted octanol–water partition coefficient (Wildman–Crippen LogP) is 6.50. The van der Waals surface area contributed by atoms with E-state index in [1.165, 1.54) is 35.4 Å². The fourth-order valence-electron chi connectivity index (χ4n) is 4.52. The average molecular weight is 603 g/mol. The summed E-state index contributed by atoms with van der Waals surface area (Å²) in [5.41, 5.74) is -3.53. The third-order valence-corrected chi connectivity index (χ3v) is 6.46. The molecule has 0 aliphatic carbocycles. The number of esters is 1. The van der Waals surface area contributed by atoms with Crippen molar-refractivity contribution in [3.63, 3.8) is 0 Å². The van der Waals surface area contributed by atoms with Gasteiger partial charge in [0, 0.05) is 43.2 Å². The van der Waals surface area contributed by atoms with Crippen LogP contribution < -0.4 is 4.90 Å². The second-order valence-electron chi connectivity index (χ2n) is 10.8. The van der Waals surface area contributed by atoms with Crippen LogP contribution in [0.5, 0.6) is 0 Å². The fraction of sp³-hybridized carbons (Fsp3) is 0.500. The molecule has 1 fully saturated rings. The second kappa shape index (κ2) is 12.6. The summed E-state index contributed by atoms with van der Waals surface area (Å²) in [5.74, 6) is -0.605. The van der Waals surface area contributed by atoms with Crippen molar-refractivity contribution in [2.45, 2.75) is 77.1 Å². The van der Waals surface area contributed by atoms with Crippen molar-refractivity contribution < 1.29 is 45.4 Å². The van der Waals surface area contributed by atoms with E-state index < -0.39 is 53.7 Å². The van der Waals surface area contributed by atoms with Gasteiger partial charge in [-0.05, 0) is 63.5 Å². The molecule has 2 atom stereocenters. The Morgan fingerprint density at radius 3 is 2.07 bits per heavy atom. The van der Waals surface area contributed by atoms with Crippen molar-refractivity contribution in [3.05, 3.63) is 58.9 Å². The molecule has 2 aromatic rings. The summed E-state index contributed by atoms with van der Waals surface area (Å²) in [5, 5.41) is 0. The lowest BCUT2D eigenvalue weighted by atomic mass is 10.0. The molecule has 1 aliphatic heterocycles.